The second-order valence-corrected chi connectivity index (χ2v) is 2.81. The number of nitrogens with one attached hydrogen (secondary N) is 1. The second-order valence-electron chi connectivity index (χ2n) is 2.59. The van der Waals surface area contributed by atoms with Crippen molar-refractivity contribution in [3.8, 4) is 0 Å². The van der Waals surface area contributed by atoms with Crippen molar-refractivity contribution < 1.29 is 9.53 Å². The molecule has 1 N–H and O–H groups in total. The zero-order chi connectivity index (χ0) is 7.72. The highest BCUT2D eigenvalue weighted by Gasteiger charge is 2.38. The van der Waals surface area contributed by atoms with E-state index in [4.69, 9.17) is 16.5 Å². The summed E-state index contributed by atoms with van der Waals surface area (Å²) in [5, 5.41) is 0. The Balaban J connectivity index is 2.64. The van der Waals surface area contributed by atoms with Gasteiger partial charge in [-0.25, -0.2) is 4.84 Å². The maximum Gasteiger partial charge on any atom is 0.325 e. The van der Waals surface area contributed by atoms with Crippen molar-refractivity contribution >= 4 is 17.7 Å². The highest BCUT2D eigenvalue weighted by atomic mass is 35.5. The van der Waals surface area contributed by atoms with Crippen LogP contribution in [0.4, 0.5) is 0 Å². The molecule has 58 valence electrons. The highest BCUT2D eigenvalue weighted by Crippen LogP contribution is 2.21. The Labute approximate surface area is 64.8 Å². The lowest BCUT2D eigenvalue weighted by Crippen LogP contribution is -2.31. The number of rotatable bonds is 1. The molecule has 1 aliphatic rings. The molecule has 0 bridgehead atoms. The van der Waals surface area contributed by atoms with Gasteiger partial charge >= 0.3 is 5.97 Å². The molecule has 3 nitrogen and oxygen atoms in total. The van der Waals surface area contributed by atoms with Gasteiger partial charge in [0.2, 0.25) is 0 Å². The Kier molecular flexibility index (Phi) is 2.16. The smallest absolute Gasteiger partial charge is 0.325 e. The number of esters is 1. The largest absolute Gasteiger partial charge is 0.461 e. The minimum Gasteiger partial charge on any atom is -0.461 e. The standard InChI is InChI=1S/C6H10ClNO2/c1-3-4(2)10-6(9)5(3)8-7/h3-5,8H,1-2H3/t3-,4-,5-/m0/s1. The average Bonchev–Trinajstić information content (AvgIpc) is 2.09. The van der Waals surface area contributed by atoms with Crippen LogP contribution in [0.2, 0.25) is 0 Å². The van der Waals surface area contributed by atoms with Crippen LogP contribution in [0.5, 0.6) is 0 Å². The van der Waals surface area contributed by atoms with Crippen LogP contribution >= 0.6 is 11.8 Å². The summed E-state index contributed by atoms with van der Waals surface area (Å²) in [6, 6.07) is -0.336. The van der Waals surface area contributed by atoms with E-state index in [-0.39, 0.29) is 24.0 Å². The average molecular weight is 164 g/mol. The molecule has 3 atom stereocenters. The SMILES string of the molecule is C[C@H]1[C@H](C)OC(=O)[C@H]1NCl. The molecular formula is C6H10ClNO2. The van der Waals surface area contributed by atoms with E-state index in [0.29, 0.717) is 0 Å². The van der Waals surface area contributed by atoms with E-state index >= 15 is 0 Å². The summed E-state index contributed by atoms with van der Waals surface area (Å²) < 4.78 is 4.89. The molecule has 0 aromatic rings. The molecular weight excluding hydrogens is 154 g/mol. The second kappa shape index (κ2) is 2.76. The predicted molar refractivity (Wildman–Crippen MR) is 37.5 cm³/mol. The van der Waals surface area contributed by atoms with Crippen LogP contribution in [-0.4, -0.2) is 18.1 Å². The van der Waals surface area contributed by atoms with Gasteiger partial charge in [-0.2, -0.15) is 0 Å². The molecule has 1 saturated heterocycles. The van der Waals surface area contributed by atoms with Crippen LogP contribution in [0.25, 0.3) is 0 Å². The molecule has 1 aliphatic heterocycles. The Morgan fingerprint density at radius 3 is 2.40 bits per heavy atom. The molecule has 0 aromatic heterocycles. The molecule has 0 unspecified atom stereocenters. The van der Waals surface area contributed by atoms with Crippen LogP contribution in [0.3, 0.4) is 0 Å². The fraction of sp³-hybridized carbons (Fsp3) is 0.833. The van der Waals surface area contributed by atoms with E-state index in [1.165, 1.54) is 0 Å². The van der Waals surface area contributed by atoms with Gasteiger partial charge in [-0.3, -0.25) is 4.79 Å². The fourth-order valence-electron chi connectivity index (χ4n) is 0.993. The molecule has 0 saturated carbocycles. The van der Waals surface area contributed by atoms with Gasteiger partial charge < -0.3 is 4.74 Å². The first-order valence-electron chi connectivity index (χ1n) is 3.23. The number of cyclic esters (lactones) is 1. The summed E-state index contributed by atoms with van der Waals surface area (Å²) in [5.74, 6) is -0.0972. The van der Waals surface area contributed by atoms with Gasteiger partial charge in [0.15, 0.2) is 0 Å². The van der Waals surface area contributed by atoms with Crippen LogP contribution in [0, 0.1) is 5.92 Å². The van der Waals surface area contributed by atoms with E-state index in [9.17, 15) is 4.79 Å². The third kappa shape index (κ3) is 1.11. The number of carbonyl (C=O) groups excluding carboxylic acids is 1. The van der Waals surface area contributed by atoms with Gasteiger partial charge in [0.05, 0.1) is 0 Å². The summed E-state index contributed by atoms with van der Waals surface area (Å²) in [4.78, 5) is 13.2. The van der Waals surface area contributed by atoms with E-state index < -0.39 is 0 Å². The zero-order valence-corrected chi connectivity index (χ0v) is 6.68. The molecule has 0 radical (unpaired) electrons. The first kappa shape index (κ1) is 7.82. The van der Waals surface area contributed by atoms with Crippen molar-refractivity contribution in [3.63, 3.8) is 0 Å². The number of hydrogen-bond acceptors (Lipinski definition) is 3. The quantitative estimate of drug-likeness (QED) is 0.457. The number of halogens is 1. The van der Waals surface area contributed by atoms with Gasteiger partial charge in [-0.15, -0.1) is 0 Å². The first-order valence-corrected chi connectivity index (χ1v) is 3.61. The van der Waals surface area contributed by atoms with Crippen molar-refractivity contribution in [1.29, 1.82) is 0 Å². The molecule has 1 rings (SSSR count). The minimum absolute atomic E-state index is 0.0243. The van der Waals surface area contributed by atoms with Crippen molar-refractivity contribution in [2.45, 2.75) is 26.0 Å². The topological polar surface area (TPSA) is 38.3 Å². The van der Waals surface area contributed by atoms with Crippen molar-refractivity contribution in [2.24, 2.45) is 5.92 Å². The maximum absolute atomic E-state index is 10.9. The van der Waals surface area contributed by atoms with Gasteiger partial charge in [-0.05, 0) is 18.7 Å². The maximum atomic E-state index is 10.9. The number of carbonyl (C=O) groups is 1. The van der Waals surface area contributed by atoms with Crippen molar-refractivity contribution in [1.82, 2.24) is 4.84 Å². The summed E-state index contributed by atoms with van der Waals surface area (Å²) in [6.07, 6.45) is -0.0243. The summed E-state index contributed by atoms with van der Waals surface area (Å²) in [5.41, 5.74) is 0. The van der Waals surface area contributed by atoms with E-state index in [2.05, 4.69) is 4.84 Å². The summed E-state index contributed by atoms with van der Waals surface area (Å²) >= 11 is 5.31. The Morgan fingerprint density at radius 1 is 1.60 bits per heavy atom. The summed E-state index contributed by atoms with van der Waals surface area (Å²) in [7, 11) is 0. The normalized spacial score (nSPS) is 39.9. The van der Waals surface area contributed by atoms with Gasteiger partial charge in [-0.1, -0.05) is 6.92 Å². The molecule has 0 spiro atoms. The lowest BCUT2D eigenvalue weighted by Gasteiger charge is -2.08. The Hall–Kier alpha value is -0.280. The molecule has 10 heavy (non-hydrogen) atoms. The van der Waals surface area contributed by atoms with Crippen LogP contribution < -0.4 is 4.84 Å². The van der Waals surface area contributed by atoms with Crippen molar-refractivity contribution in [3.05, 3.63) is 0 Å². The third-order valence-corrected chi connectivity index (χ3v) is 2.17. The van der Waals surface area contributed by atoms with E-state index in [1.807, 2.05) is 13.8 Å². The molecule has 1 heterocycles. The summed E-state index contributed by atoms with van der Waals surface area (Å²) in [6.45, 7) is 3.78. The Morgan fingerprint density at radius 2 is 2.20 bits per heavy atom. The molecule has 0 amide bonds. The van der Waals surface area contributed by atoms with Crippen molar-refractivity contribution in [2.75, 3.05) is 0 Å². The monoisotopic (exact) mass is 163 g/mol. The van der Waals surface area contributed by atoms with Gasteiger partial charge in [0.25, 0.3) is 0 Å². The lowest BCUT2D eigenvalue weighted by molar-refractivity contribution is -0.142. The highest BCUT2D eigenvalue weighted by molar-refractivity contribution is 6.15. The van der Waals surface area contributed by atoms with Gasteiger partial charge in [0, 0.05) is 5.92 Å². The fourth-order valence-corrected chi connectivity index (χ4v) is 1.28. The first-order chi connectivity index (χ1) is 4.66. The molecule has 0 aliphatic carbocycles. The third-order valence-electron chi connectivity index (χ3n) is 1.94. The number of ether oxygens (including phenoxy) is 1. The molecule has 0 aromatic carbocycles. The lowest BCUT2D eigenvalue weighted by atomic mass is 10.0. The van der Waals surface area contributed by atoms with E-state index in [1.54, 1.807) is 0 Å². The predicted octanol–water partition coefficient (Wildman–Crippen LogP) is 0.680. The zero-order valence-electron chi connectivity index (χ0n) is 5.93. The molecule has 1 fully saturated rings. The van der Waals surface area contributed by atoms with Crippen LogP contribution in [0.15, 0.2) is 0 Å². The van der Waals surface area contributed by atoms with Crippen LogP contribution in [0.1, 0.15) is 13.8 Å². The van der Waals surface area contributed by atoms with Crippen LogP contribution in [-0.2, 0) is 9.53 Å². The minimum atomic E-state index is -0.336. The van der Waals surface area contributed by atoms with Gasteiger partial charge in [0.1, 0.15) is 12.1 Å². The Bertz CT molecular complexity index is 151. The van der Waals surface area contributed by atoms with E-state index in [0.717, 1.165) is 0 Å². The number of hydrogen-bond donors (Lipinski definition) is 1. The molecule has 4 heteroatoms.